The molecule has 3 aromatic rings. The average Bonchev–Trinajstić information content (AvgIpc) is 2.71. The summed E-state index contributed by atoms with van der Waals surface area (Å²) in [4.78, 5) is 13.0. The molecule has 0 heterocycles. The Morgan fingerprint density at radius 1 is 0.968 bits per heavy atom. The number of halogens is 1. The van der Waals surface area contributed by atoms with Crippen molar-refractivity contribution in [2.75, 3.05) is 17.1 Å². The minimum absolute atomic E-state index is 0.337. The fraction of sp³-hybridized carbons (Fsp3) is 0.208. The van der Waals surface area contributed by atoms with Gasteiger partial charge >= 0.3 is 0 Å². The van der Waals surface area contributed by atoms with Crippen LogP contribution in [0.3, 0.4) is 0 Å². The van der Waals surface area contributed by atoms with Crippen LogP contribution in [0.15, 0.2) is 72.8 Å². The molecule has 0 saturated heterocycles. The van der Waals surface area contributed by atoms with Crippen LogP contribution >= 0.6 is 11.6 Å². The first-order valence-corrected chi connectivity index (χ1v) is 12.0. The van der Waals surface area contributed by atoms with Gasteiger partial charge in [-0.05, 0) is 48.7 Å². The highest BCUT2D eigenvalue weighted by Crippen LogP contribution is 2.26. The first-order chi connectivity index (χ1) is 14.6. The molecule has 31 heavy (non-hydrogen) atoms. The molecule has 0 unspecified atom stereocenters. The van der Waals surface area contributed by atoms with E-state index in [1.807, 2.05) is 61.5 Å². The van der Waals surface area contributed by atoms with E-state index in [-0.39, 0.29) is 6.54 Å². The standard InChI is InChI=1S/C24H25ClN2O3S/c1-17-9-11-20(12-10-17)24(19-7-5-4-6-8-19)26-23(28)16-27(31(3,29)30)22-14-13-21(25)15-18(22)2/h4-15,24H,16H2,1-3H3,(H,26,28)/t24-/m0/s1. The number of anilines is 1. The summed E-state index contributed by atoms with van der Waals surface area (Å²) in [7, 11) is -3.69. The summed E-state index contributed by atoms with van der Waals surface area (Å²) in [5.74, 6) is -0.408. The van der Waals surface area contributed by atoms with Crippen LogP contribution in [-0.4, -0.2) is 27.1 Å². The van der Waals surface area contributed by atoms with Crippen molar-refractivity contribution in [3.05, 3.63) is 100 Å². The fourth-order valence-corrected chi connectivity index (χ4v) is 4.52. The molecular formula is C24H25ClN2O3S. The topological polar surface area (TPSA) is 66.5 Å². The minimum Gasteiger partial charge on any atom is -0.344 e. The third-order valence-electron chi connectivity index (χ3n) is 4.96. The number of aryl methyl sites for hydroxylation is 2. The summed E-state index contributed by atoms with van der Waals surface area (Å²) in [5.41, 5.74) is 4.04. The maximum absolute atomic E-state index is 13.0. The highest BCUT2D eigenvalue weighted by molar-refractivity contribution is 7.92. The molecule has 3 aromatic carbocycles. The van der Waals surface area contributed by atoms with Gasteiger partial charge in [-0.1, -0.05) is 71.8 Å². The van der Waals surface area contributed by atoms with Gasteiger partial charge in [0.15, 0.2) is 0 Å². The average molecular weight is 457 g/mol. The van der Waals surface area contributed by atoms with E-state index in [1.165, 1.54) is 0 Å². The number of hydrogen-bond donors (Lipinski definition) is 1. The largest absolute Gasteiger partial charge is 0.344 e. The molecule has 1 N–H and O–H groups in total. The lowest BCUT2D eigenvalue weighted by Crippen LogP contribution is -2.42. The van der Waals surface area contributed by atoms with Crippen LogP contribution in [0.25, 0.3) is 0 Å². The van der Waals surface area contributed by atoms with Crippen molar-refractivity contribution in [3.8, 4) is 0 Å². The number of carbonyl (C=O) groups is 1. The Kier molecular flexibility index (Phi) is 7.03. The van der Waals surface area contributed by atoms with Gasteiger partial charge in [0.05, 0.1) is 18.0 Å². The molecule has 7 heteroatoms. The van der Waals surface area contributed by atoms with Crippen LogP contribution in [0.4, 0.5) is 5.69 Å². The molecule has 3 rings (SSSR count). The van der Waals surface area contributed by atoms with E-state index in [2.05, 4.69) is 5.32 Å². The molecule has 162 valence electrons. The number of nitrogens with zero attached hydrogens (tertiary/aromatic N) is 1. The van der Waals surface area contributed by atoms with Gasteiger partial charge in [0.1, 0.15) is 6.54 Å². The van der Waals surface area contributed by atoms with Crippen molar-refractivity contribution >= 4 is 33.2 Å². The zero-order valence-corrected chi connectivity index (χ0v) is 19.2. The van der Waals surface area contributed by atoms with Gasteiger partial charge in [-0.2, -0.15) is 0 Å². The van der Waals surface area contributed by atoms with E-state index in [4.69, 9.17) is 11.6 Å². The van der Waals surface area contributed by atoms with Crippen LogP contribution in [0.2, 0.25) is 5.02 Å². The highest BCUT2D eigenvalue weighted by Gasteiger charge is 2.24. The maximum atomic E-state index is 13.0. The molecule has 0 aliphatic rings. The molecule has 0 spiro atoms. The Balaban J connectivity index is 1.90. The van der Waals surface area contributed by atoms with Crippen molar-refractivity contribution in [2.24, 2.45) is 0 Å². The third kappa shape index (κ3) is 5.87. The lowest BCUT2D eigenvalue weighted by atomic mass is 9.98. The van der Waals surface area contributed by atoms with Gasteiger partial charge in [0, 0.05) is 5.02 Å². The monoisotopic (exact) mass is 456 g/mol. The Hall–Kier alpha value is -2.83. The van der Waals surface area contributed by atoms with Crippen molar-refractivity contribution in [1.82, 2.24) is 5.32 Å². The molecule has 0 bridgehead atoms. The second-order valence-electron chi connectivity index (χ2n) is 7.52. The Bertz CT molecular complexity index is 1160. The molecule has 1 amide bonds. The van der Waals surface area contributed by atoms with Gasteiger partial charge in [-0.15, -0.1) is 0 Å². The van der Waals surface area contributed by atoms with Gasteiger partial charge in [0.25, 0.3) is 0 Å². The van der Waals surface area contributed by atoms with Gasteiger partial charge in [0.2, 0.25) is 15.9 Å². The van der Waals surface area contributed by atoms with Crippen LogP contribution in [0.1, 0.15) is 28.3 Å². The second-order valence-corrected chi connectivity index (χ2v) is 9.87. The molecular weight excluding hydrogens is 432 g/mol. The van der Waals surface area contributed by atoms with Crippen LogP contribution in [-0.2, 0) is 14.8 Å². The van der Waals surface area contributed by atoms with E-state index in [0.717, 1.165) is 27.3 Å². The predicted molar refractivity (Wildman–Crippen MR) is 126 cm³/mol. The number of benzene rings is 3. The van der Waals surface area contributed by atoms with Crippen molar-refractivity contribution in [3.63, 3.8) is 0 Å². The van der Waals surface area contributed by atoms with E-state index in [1.54, 1.807) is 25.1 Å². The van der Waals surface area contributed by atoms with E-state index in [9.17, 15) is 13.2 Å². The zero-order chi connectivity index (χ0) is 22.6. The fourth-order valence-electron chi connectivity index (χ4n) is 3.38. The third-order valence-corrected chi connectivity index (χ3v) is 6.33. The Morgan fingerprint density at radius 3 is 2.16 bits per heavy atom. The molecule has 0 radical (unpaired) electrons. The van der Waals surface area contributed by atoms with Crippen LogP contribution in [0, 0.1) is 13.8 Å². The summed E-state index contributed by atoms with van der Waals surface area (Å²) in [6.45, 7) is 3.42. The second kappa shape index (κ2) is 9.54. The van der Waals surface area contributed by atoms with Gasteiger partial charge in [-0.3, -0.25) is 9.10 Å². The van der Waals surface area contributed by atoms with Crippen LogP contribution < -0.4 is 9.62 Å². The zero-order valence-electron chi connectivity index (χ0n) is 17.7. The number of carbonyl (C=O) groups excluding carboxylic acids is 1. The predicted octanol–water partition coefficient (Wildman–Crippen LogP) is 4.63. The van der Waals surface area contributed by atoms with Crippen molar-refractivity contribution in [2.45, 2.75) is 19.9 Å². The lowest BCUT2D eigenvalue weighted by Gasteiger charge is -2.26. The smallest absolute Gasteiger partial charge is 0.241 e. The summed E-state index contributed by atoms with van der Waals surface area (Å²) >= 11 is 6.01. The first-order valence-electron chi connectivity index (χ1n) is 9.80. The van der Waals surface area contributed by atoms with Crippen molar-refractivity contribution in [1.29, 1.82) is 0 Å². The number of nitrogens with one attached hydrogen (secondary N) is 1. The summed E-state index contributed by atoms with van der Waals surface area (Å²) < 4.78 is 26.1. The summed E-state index contributed by atoms with van der Waals surface area (Å²) in [5, 5.41) is 3.50. The van der Waals surface area contributed by atoms with E-state index >= 15 is 0 Å². The molecule has 1 atom stereocenters. The maximum Gasteiger partial charge on any atom is 0.241 e. The molecule has 0 aliphatic carbocycles. The van der Waals surface area contributed by atoms with Crippen molar-refractivity contribution < 1.29 is 13.2 Å². The SMILES string of the molecule is Cc1ccc([C@@H](NC(=O)CN(c2ccc(Cl)cc2C)S(C)(=O)=O)c2ccccc2)cc1. The van der Waals surface area contributed by atoms with Gasteiger partial charge < -0.3 is 5.32 Å². The molecule has 0 aliphatic heterocycles. The normalized spacial score (nSPS) is 12.3. The lowest BCUT2D eigenvalue weighted by molar-refractivity contribution is -0.120. The summed E-state index contributed by atoms with van der Waals surface area (Å²) in [6.07, 6.45) is 1.09. The quantitative estimate of drug-likeness (QED) is 0.563. The summed E-state index contributed by atoms with van der Waals surface area (Å²) in [6, 6.07) is 22.0. The van der Waals surface area contributed by atoms with Gasteiger partial charge in [-0.25, -0.2) is 8.42 Å². The molecule has 5 nitrogen and oxygen atoms in total. The molecule has 0 saturated carbocycles. The first kappa shape index (κ1) is 22.8. The molecule has 0 aromatic heterocycles. The Labute approximate surface area is 188 Å². The highest BCUT2D eigenvalue weighted by atomic mass is 35.5. The number of hydrogen-bond acceptors (Lipinski definition) is 3. The number of sulfonamides is 1. The number of amides is 1. The minimum atomic E-state index is -3.69. The van der Waals surface area contributed by atoms with Crippen LogP contribution in [0.5, 0.6) is 0 Å². The molecule has 0 fully saturated rings. The van der Waals surface area contributed by atoms with E-state index in [0.29, 0.717) is 16.3 Å². The van der Waals surface area contributed by atoms with E-state index < -0.39 is 22.0 Å². The number of rotatable bonds is 7. The Morgan fingerprint density at radius 2 is 1.58 bits per heavy atom.